The van der Waals surface area contributed by atoms with Gasteiger partial charge in [0.1, 0.15) is 5.03 Å². The van der Waals surface area contributed by atoms with Gasteiger partial charge in [-0.3, -0.25) is 4.68 Å². The van der Waals surface area contributed by atoms with Crippen molar-refractivity contribution in [2.24, 2.45) is 0 Å². The molecular weight excluding hydrogens is 144 g/mol. The third-order valence-electron chi connectivity index (χ3n) is 1.28. The van der Waals surface area contributed by atoms with Crippen molar-refractivity contribution < 1.29 is 0 Å². The molecule has 0 aliphatic carbocycles. The molecule has 0 saturated heterocycles. The summed E-state index contributed by atoms with van der Waals surface area (Å²) < 4.78 is 1.98. The lowest BCUT2D eigenvalue weighted by Crippen LogP contribution is -1.96. The molecule has 0 aliphatic rings. The van der Waals surface area contributed by atoms with E-state index < -0.39 is 0 Å². The monoisotopic (exact) mass is 156 g/mol. The molecule has 1 aromatic heterocycles. The molecule has 0 saturated carbocycles. The summed E-state index contributed by atoms with van der Waals surface area (Å²) in [5, 5.41) is 5.40. The van der Waals surface area contributed by atoms with E-state index in [9.17, 15) is 0 Å². The lowest BCUT2D eigenvalue weighted by atomic mass is 10.5. The molecule has 1 aromatic rings. The first-order valence-corrected chi connectivity index (χ1v) is 4.66. The van der Waals surface area contributed by atoms with Crippen LogP contribution in [0.1, 0.15) is 13.3 Å². The maximum Gasteiger partial charge on any atom is 0.118 e. The van der Waals surface area contributed by atoms with Crippen molar-refractivity contribution in [1.82, 2.24) is 9.78 Å². The van der Waals surface area contributed by atoms with E-state index in [1.165, 1.54) is 0 Å². The van der Waals surface area contributed by atoms with Gasteiger partial charge < -0.3 is 0 Å². The van der Waals surface area contributed by atoms with Crippen LogP contribution in [0.5, 0.6) is 0 Å². The zero-order chi connectivity index (χ0) is 7.40. The van der Waals surface area contributed by atoms with Crippen LogP contribution in [0.4, 0.5) is 0 Å². The molecule has 10 heavy (non-hydrogen) atoms. The summed E-state index contributed by atoms with van der Waals surface area (Å²) in [6, 6.07) is 2.04. The van der Waals surface area contributed by atoms with E-state index in [1.54, 1.807) is 11.8 Å². The molecule has 0 spiro atoms. The Morgan fingerprint density at radius 2 is 2.50 bits per heavy atom. The summed E-state index contributed by atoms with van der Waals surface area (Å²) in [5.74, 6) is 0. The lowest BCUT2D eigenvalue weighted by molar-refractivity contribution is 0.589. The molecule has 0 N–H and O–H groups in total. The molecule has 0 aliphatic heterocycles. The van der Waals surface area contributed by atoms with E-state index in [0.717, 1.165) is 18.0 Å². The average Bonchev–Trinajstić information content (AvgIpc) is 2.37. The molecule has 3 heteroatoms. The van der Waals surface area contributed by atoms with E-state index in [-0.39, 0.29) is 0 Å². The third kappa shape index (κ3) is 1.77. The second kappa shape index (κ2) is 3.66. The second-order valence-corrected chi connectivity index (χ2v) is 2.95. The minimum Gasteiger partial charge on any atom is -0.272 e. The van der Waals surface area contributed by atoms with Gasteiger partial charge in [0.2, 0.25) is 0 Å². The normalized spacial score (nSPS) is 10.2. The number of aryl methyl sites for hydroxylation is 1. The van der Waals surface area contributed by atoms with Crippen molar-refractivity contribution in [2.45, 2.75) is 24.9 Å². The zero-order valence-corrected chi connectivity index (χ0v) is 7.19. The molecule has 0 amide bonds. The number of aromatic nitrogens is 2. The fourth-order valence-electron chi connectivity index (χ4n) is 0.806. The predicted octanol–water partition coefficient (Wildman–Crippen LogP) is 2.01. The van der Waals surface area contributed by atoms with E-state index in [1.807, 2.05) is 23.2 Å². The minimum atomic E-state index is 1.03. The van der Waals surface area contributed by atoms with Gasteiger partial charge in [0, 0.05) is 12.7 Å². The van der Waals surface area contributed by atoms with Gasteiger partial charge in [-0.2, -0.15) is 5.10 Å². The molecule has 1 rings (SSSR count). The van der Waals surface area contributed by atoms with E-state index in [2.05, 4.69) is 12.0 Å². The lowest BCUT2D eigenvalue weighted by Gasteiger charge is -1.94. The van der Waals surface area contributed by atoms with E-state index >= 15 is 0 Å². The van der Waals surface area contributed by atoms with Gasteiger partial charge in [-0.1, -0.05) is 6.92 Å². The van der Waals surface area contributed by atoms with Gasteiger partial charge >= 0.3 is 0 Å². The van der Waals surface area contributed by atoms with Gasteiger partial charge in [0.15, 0.2) is 0 Å². The molecule has 0 fully saturated rings. The van der Waals surface area contributed by atoms with Crippen molar-refractivity contribution in [3.8, 4) is 0 Å². The molecule has 0 unspecified atom stereocenters. The summed E-state index contributed by atoms with van der Waals surface area (Å²) in [4.78, 5) is 0. The van der Waals surface area contributed by atoms with Crippen molar-refractivity contribution in [3.63, 3.8) is 0 Å². The Morgan fingerprint density at radius 1 is 1.70 bits per heavy atom. The summed E-state index contributed by atoms with van der Waals surface area (Å²) in [6.07, 6.45) is 5.21. The molecule has 0 radical (unpaired) electrons. The molecular formula is C7H12N2S. The van der Waals surface area contributed by atoms with Crippen molar-refractivity contribution in [2.75, 3.05) is 6.26 Å². The quantitative estimate of drug-likeness (QED) is 0.623. The number of hydrogen-bond donors (Lipinski definition) is 0. The van der Waals surface area contributed by atoms with Crippen molar-refractivity contribution in [3.05, 3.63) is 12.3 Å². The first kappa shape index (κ1) is 7.66. The molecule has 0 bridgehead atoms. The van der Waals surface area contributed by atoms with Crippen LogP contribution in [0.15, 0.2) is 17.3 Å². The highest BCUT2D eigenvalue weighted by atomic mass is 32.2. The molecule has 0 atom stereocenters. The number of rotatable bonds is 3. The molecule has 56 valence electrons. The van der Waals surface area contributed by atoms with Gasteiger partial charge in [0.05, 0.1) is 0 Å². The maximum atomic E-state index is 4.30. The van der Waals surface area contributed by atoms with Crippen LogP contribution in [-0.2, 0) is 6.54 Å². The molecule has 2 nitrogen and oxygen atoms in total. The van der Waals surface area contributed by atoms with Crippen LogP contribution in [0, 0.1) is 0 Å². The van der Waals surface area contributed by atoms with Gasteiger partial charge in [-0.15, -0.1) is 11.8 Å². The minimum absolute atomic E-state index is 1.03. The van der Waals surface area contributed by atoms with Crippen LogP contribution in [0.2, 0.25) is 0 Å². The number of nitrogens with zero attached hydrogens (tertiary/aromatic N) is 2. The zero-order valence-electron chi connectivity index (χ0n) is 6.37. The highest BCUT2D eigenvalue weighted by Crippen LogP contribution is 2.09. The summed E-state index contributed by atoms with van der Waals surface area (Å²) >= 11 is 1.68. The standard InChI is InChI=1S/C7H12N2S/c1-3-5-9-6-4-7(8-9)10-2/h4,6H,3,5H2,1-2H3. The SMILES string of the molecule is CCCn1ccc(SC)n1. The Morgan fingerprint density at radius 3 is 3.00 bits per heavy atom. The van der Waals surface area contributed by atoms with E-state index in [4.69, 9.17) is 0 Å². The number of thioether (sulfide) groups is 1. The highest BCUT2D eigenvalue weighted by Gasteiger charge is 1.93. The van der Waals surface area contributed by atoms with Gasteiger partial charge in [-0.25, -0.2) is 0 Å². The number of hydrogen-bond acceptors (Lipinski definition) is 2. The molecule has 0 aromatic carbocycles. The van der Waals surface area contributed by atoms with Crippen molar-refractivity contribution >= 4 is 11.8 Å². The average molecular weight is 156 g/mol. The highest BCUT2D eigenvalue weighted by molar-refractivity contribution is 7.98. The Hall–Kier alpha value is -0.440. The molecule has 1 heterocycles. The second-order valence-electron chi connectivity index (χ2n) is 2.12. The van der Waals surface area contributed by atoms with Crippen LogP contribution < -0.4 is 0 Å². The maximum absolute atomic E-state index is 4.30. The van der Waals surface area contributed by atoms with Crippen LogP contribution >= 0.6 is 11.8 Å². The van der Waals surface area contributed by atoms with Gasteiger partial charge in [-0.05, 0) is 18.7 Å². The fraction of sp³-hybridized carbons (Fsp3) is 0.571. The Labute approximate surface area is 65.6 Å². The van der Waals surface area contributed by atoms with Gasteiger partial charge in [0.25, 0.3) is 0 Å². The Kier molecular flexibility index (Phi) is 2.81. The predicted molar refractivity (Wildman–Crippen MR) is 44.3 cm³/mol. The largest absolute Gasteiger partial charge is 0.272 e. The van der Waals surface area contributed by atoms with Crippen LogP contribution in [0.3, 0.4) is 0 Å². The first-order valence-electron chi connectivity index (χ1n) is 3.44. The van der Waals surface area contributed by atoms with Crippen molar-refractivity contribution in [1.29, 1.82) is 0 Å². The topological polar surface area (TPSA) is 17.8 Å². The Bertz CT molecular complexity index is 195. The Balaban J connectivity index is 2.59. The summed E-state index contributed by atoms with van der Waals surface area (Å²) in [7, 11) is 0. The fourth-order valence-corrected chi connectivity index (χ4v) is 1.19. The third-order valence-corrected chi connectivity index (χ3v) is 1.91. The van der Waals surface area contributed by atoms with Crippen LogP contribution in [0.25, 0.3) is 0 Å². The smallest absolute Gasteiger partial charge is 0.118 e. The van der Waals surface area contributed by atoms with Crippen LogP contribution in [-0.4, -0.2) is 16.0 Å². The summed E-state index contributed by atoms with van der Waals surface area (Å²) in [5.41, 5.74) is 0. The van der Waals surface area contributed by atoms with E-state index in [0.29, 0.717) is 0 Å². The first-order chi connectivity index (χ1) is 4.86. The summed E-state index contributed by atoms with van der Waals surface area (Å²) in [6.45, 7) is 3.18.